The van der Waals surface area contributed by atoms with Gasteiger partial charge in [0.1, 0.15) is 6.61 Å². The third-order valence-corrected chi connectivity index (χ3v) is 2.64. The topological polar surface area (TPSA) is 78.8 Å². The van der Waals surface area contributed by atoms with Crippen molar-refractivity contribution in [3.63, 3.8) is 0 Å². The fourth-order valence-electron chi connectivity index (χ4n) is 1.49. The Morgan fingerprint density at radius 3 is 2.55 bits per heavy atom. The summed E-state index contributed by atoms with van der Waals surface area (Å²) in [6.07, 6.45) is -0.261. The third kappa shape index (κ3) is 6.41. The summed E-state index contributed by atoms with van der Waals surface area (Å²) >= 11 is 16.4. The van der Waals surface area contributed by atoms with Gasteiger partial charge in [0.2, 0.25) is 3.79 Å². The molecular weight excluding hydrogens is 328 g/mol. The van der Waals surface area contributed by atoms with Crippen molar-refractivity contribution in [3.8, 4) is 11.5 Å². The molecule has 1 aromatic carbocycles. The van der Waals surface area contributed by atoms with Crippen LogP contribution in [-0.4, -0.2) is 32.7 Å². The fourth-order valence-corrected chi connectivity index (χ4v) is 1.65. The van der Waals surface area contributed by atoms with Gasteiger partial charge >= 0.3 is 6.09 Å². The van der Waals surface area contributed by atoms with Gasteiger partial charge in [-0.2, -0.15) is 0 Å². The lowest BCUT2D eigenvalue weighted by Crippen LogP contribution is -2.36. The molecule has 112 valence electrons. The first-order valence-electron chi connectivity index (χ1n) is 5.68. The van der Waals surface area contributed by atoms with Gasteiger partial charge in [-0.1, -0.05) is 40.9 Å². The average molecular weight is 343 g/mol. The Kier molecular flexibility index (Phi) is 6.05. The van der Waals surface area contributed by atoms with Gasteiger partial charge in [-0.25, -0.2) is 4.79 Å². The molecule has 0 bridgehead atoms. The summed E-state index contributed by atoms with van der Waals surface area (Å²) in [7, 11) is 0. The highest BCUT2D eigenvalue weighted by atomic mass is 35.6. The Balaban J connectivity index is 2.44. The van der Waals surface area contributed by atoms with Crippen molar-refractivity contribution >= 4 is 40.9 Å². The van der Waals surface area contributed by atoms with Gasteiger partial charge in [-0.15, -0.1) is 0 Å². The Morgan fingerprint density at radius 1 is 1.35 bits per heavy atom. The van der Waals surface area contributed by atoms with Crippen LogP contribution >= 0.6 is 34.8 Å². The number of rotatable bonds is 4. The van der Waals surface area contributed by atoms with E-state index in [1.165, 1.54) is 12.1 Å². The molecule has 0 heterocycles. The summed E-state index contributed by atoms with van der Waals surface area (Å²) < 4.78 is 3.07. The number of halogens is 3. The van der Waals surface area contributed by atoms with Crippen LogP contribution < -0.4 is 5.32 Å². The Labute approximate surface area is 131 Å². The molecule has 3 N–H and O–H groups in total. The highest BCUT2D eigenvalue weighted by Gasteiger charge is 2.22. The largest absolute Gasteiger partial charge is 0.504 e. The van der Waals surface area contributed by atoms with Gasteiger partial charge in [-0.3, -0.25) is 0 Å². The van der Waals surface area contributed by atoms with Crippen molar-refractivity contribution < 1.29 is 19.7 Å². The van der Waals surface area contributed by atoms with E-state index < -0.39 is 9.89 Å². The van der Waals surface area contributed by atoms with Crippen LogP contribution in [-0.2, 0) is 11.2 Å². The number of carbonyl (C=O) groups excluding carboxylic acids is 1. The molecule has 8 heteroatoms. The van der Waals surface area contributed by atoms with E-state index in [4.69, 9.17) is 39.5 Å². The lowest BCUT2D eigenvalue weighted by atomic mass is 10.1. The fraction of sp³-hybridized carbons (Fsp3) is 0.417. The predicted octanol–water partition coefficient (Wildman–Crippen LogP) is 3.13. The predicted molar refractivity (Wildman–Crippen MR) is 77.7 cm³/mol. The van der Waals surface area contributed by atoms with E-state index in [0.717, 1.165) is 5.56 Å². The molecule has 20 heavy (non-hydrogen) atoms. The zero-order chi connectivity index (χ0) is 15.3. The molecule has 0 fully saturated rings. The average Bonchev–Trinajstić information content (AvgIpc) is 2.30. The van der Waals surface area contributed by atoms with Crippen molar-refractivity contribution in [2.24, 2.45) is 0 Å². The lowest BCUT2D eigenvalue weighted by Gasteiger charge is -2.16. The Bertz CT molecular complexity index is 476. The molecule has 5 nitrogen and oxygen atoms in total. The summed E-state index contributed by atoms with van der Waals surface area (Å²) in [4.78, 5) is 11.4. The smallest absolute Gasteiger partial charge is 0.407 e. The number of phenolic OH excluding ortho intramolecular Hbond substituents is 2. The maximum atomic E-state index is 11.4. The molecule has 1 atom stereocenters. The number of hydrogen-bond acceptors (Lipinski definition) is 4. The van der Waals surface area contributed by atoms with Crippen molar-refractivity contribution in [2.75, 3.05) is 6.61 Å². The van der Waals surface area contributed by atoms with Crippen LogP contribution in [0.2, 0.25) is 0 Å². The number of ether oxygens (including phenoxy) is 1. The highest BCUT2D eigenvalue weighted by molar-refractivity contribution is 6.67. The van der Waals surface area contributed by atoms with E-state index in [1.807, 2.05) is 0 Å². The van der Waals surface area contributed by atoms with E-state index >= 15 is 0 Å². The van der Waals surface area contributed by atoms with Crippen molar-refractivity contribution in [3.05, 3.63) is 23.8 Å². The van der Waals surface area contributed by atoms with E-state index in [1.54, 1.807) is 13.0 Å². The first-order chi connectivity index (χ1) is 9.17. The van der Waals surface area contributed by atoms with Crippen molar-refractivity contribution in [1.82, 2.24) is 5.32 Å². The summed E-state index contributed by atoms with van der Waals surface area (Å²) in [6.45, 7) is 1.40. The third-order valence-electron chi connectivity index (χ3n) is 2.31. The number of alkyl carbamates (subject to hydrolysis) is 1. The van der Waals surface area contributed by atoms with Gasteiger partial charge < -0.3 is 20.3 Å². The van der Waals surface area contributed by atoms with Gasteiger partial charge in [-0.05, 0) is 31.0 Å². The van der Waals surface area contributed by atoms with Crippen molar-refractivity contribution in [2.45, 2.75) is 23.2 Å². The van der Waals surface area contributed by atoms with Crippen LogP contribution in [0.4, 0.5) is 4.79 Å². The van der Waals surface area contributed by atoms with Crippen molar-refractivity contribution in [1.29, 1.82) is 0 Å². The van der Waals surface area contributed by atoms with Gasteiger partial charge in [0.05, 0.1) is 0 Å². The molecule has 0 aliphatic carbocycles. The second kappa shape index (κ2) is 7.11. The zero-order valence-corrected chi connectivity index (χ0v) is 12.8. The molecule has 0 aliphatic rings. The summed E-state index contributed by atoms with van der Waals surface area (Å²) in [5, 5.41) is 21.1. The highest BCUT2D eigenvalue weighted by Crippen LogP contribution is 2.26. The van der Waals surface area contributed by atoms with Gasteiger partial charge in [0.15, 0.2) is 11.5 Å². The maximum Gasteiger partial charge on any atom is 0.407 e. The quantitative estimate of drug-likeness (QED) is 0.580. The van der Waals surface area contributed by atoms with Crippen LogP contribution in [0.5, 0.6) is 11.5 Å². The second-order valence-electron chi connectivity index (χ2n) is 4.26. The number of alkyl halides is 3. The van der Waals surface area contributed by atoms with E-state index in [0.29, 0.717) is 6.42 Å². The SMILES string of the molecule is CC(Cc1ccc(O)c(O)c1)NC(=O)OCC(Cl)(Cl)Cl. The molecule has 0 radical (unpaired) electrons. The number of carbonyl (C=O) groups is 1. The second-order valence-corrected chi connectivity index (χ2v) is 6.78. The van der Waals surface area contributed by atoms with Crippen LogP contribution in [0.3, 0.4) is 0 Å². The summed E-state index contributed by atoms with van der Waals surface area (Å²) in [5.74, 6) is -0.412. The molecule has 0 spiro atoms. The summed E-state index contributed by atoms with van der Waals surface area (Å²) in [5.41, 5.74) is 0.745. The summed E-state index contributed by atoms with van der Waals surface area (Å²) in [6, 6.07) is 4.17. The van der Waals surface area contributed by atoms with Crippen LogP contribution in [0.1, 0.15) is 12.5 Å². The van der Waals surface area contributed by atoms with Gasteiger partial charge in [0, 0.05) is 6.04 Å². The van der Waals surface area contributed by atoms with E-state index in [2.05, 4.69) is 5.32 Å². The van der Waals surface area contributed by atoms with E-state index in [-0.39, 0.29) is 24.1 Å². The standard InChI is InChI=1S/C12H14Cl3NO4/c1-7(16-11(19)20-6-12(13,14)15)4-8-2-3-9(17)10(18)5-8/h2-3,5,7,17-18H,4,6H2,1H3,(H,16,19). The zero-order valence-electron chi connectivity index (χ0n) is 10.6. The first kappa shape index (κ1) is 17.0. The number of amides is 1. The molecular formula is C12H14Cl3NO4. The number of hydrogen-bond donors (Lipinski definition) is 3. The van der Waals surface area contributed by atoms with Crippen LogP contribution in [0, 0.1) is 0 Å². The van der Waals surface area contributed by atoms with Crippen LogP contribution in [0.15, 0.2) is 18.2 Å². The minimum Gasteiger partial charge on any atom is -0.504 e. The molecule has 1 rings (SSSR count). The molecule has 0 aromatic heterocycles. The molecule has 0 saturated heterocycles. The molecule has 0 saturated carbocycles. The molecule has 1 aromatic rings. The number of phenols is 2. The maximum absolute atomic E-state index is 11.4. The number of nitrogens with one attached hydrogen (secondary N) is 1. The van der Waals surface area contributed by atoms with Crippen LogP contribution in [0.25, 0.3) is 0 Å². The Morgan fingerprint density at radius 2 is 2.00 bits per heavy atom. The molecule has 1 unspecified atom stereocenters. The monoisotopic (exact) mass is 341 g/mol. The lowest BCUT2D eigenvalue weighted by molar-refractivity contribution is 0.145. The minimum absolute atomic E-state index is 0.198. The first-order valence-corrected chi connectivity index (χ1v) is 6.81. The molecule has 1 amide bonds. The van der Waals surface area contributed by atoms with Gasteiger partial charge in [0.25, 0.3) is 0 Å². The molecule has 0 aliphatic heterocycles. The Hall–Kier alpha value is -1.04. The van der Waals surface area contributed by atoms with E-state index in [9.17, 15) is 15.0 Å². The normalized spacial score (nSPS) is 12.8. The number of aromatic hydroxyl groups is 2. The number of benzene rings is 1. The minimum atomic E-state index is -1.65.